The highest BCUT2D eigenvalue weighted by Gasteiger charge is 2.62. The summed E-state index contributed by atoms with van der Waals surface area (Å²) in [6.45, 7) is 0. The van der Waals surface area contributed by atoms with Crippen LogP contribution in [0.2, 0.25) is 0 Å². The Balaban J connectivity index is 1.52. The molecule has 1 aliphatic heterocycles. The van der Waals surface area contributed by atoms with E-state index < -0.39 is 0 Å². The summed E-state index contributed by atoms with van der Waals surface area (Å²) in [6, 6.07) is 2.47. The molecule has 1 spiro atoms. The summed E-state index contributed by atoms with van der Waals surface area (Å²) in [6.07, 6.45) is 13.4. The molecule has 0 radical (unpaired) electrons. The van der Waals surface area contributed by atoms with Gasteiger partial charge in [0, 0.05) is 10.8 Å². The average Bonchev–Trinajstić information content (AvgIpc) is 3.02. The molecule has 22 heavy (non-hydrogen) atoms. The molecule has 1 aromatic rings. The second-order valence-corrected chi connectivity index (χ2v) is 9.79. The molecule has 2 heteroatoms. The minimum atomic E-state index is 0.140. The van der Waals surface area contributed by atoms with Crippen LogP contribution in [0.15, 0.2) is 11.4 Å². The van der Waals surface area contributed by atoms with E-state index in [1.54, 1.807) is 10.4 Å². The second-order valence-electron chi connectivity index (χ2n) is 8.84. The van der Waals surface area contributed by atoms with E-state index in [-0.39, 0.29) is 5.60 Å². The lowest BCUT2D eigenvalue weighted by molar-refractivity contribution is -0.248. The van der Waals surface area contributed by atoms with E-state index in [9.17, 15) is 0 Å². The molecule has 2 heterocycles. The number of fused-ring (bicyclic) bond motifs is 3. The summed E-state index contributed by atoms with van der Waals surface area (Å²) >= 11 is 2.05. The molecule has 0 unspecified atom stereocenters. The lowest BCUT2D eigenvalue weighted by atomic mass is 9.47. The van der Waals surface area contributed by atoms with E-state index >= 15 is 0 Å². The normalized spacial score (nSPS) is 51.8. The first-order valence-corrected chi connectivity index (χ1v) is 10.5. The number of rotatable bonds is 0. The number of thiophene rings is 1. The maximum absolute atomic E-state index is 7.15. The van der Waals surface area contributed by atoms with Crippen molar-refractivity contribution in [3.63, 3.8) is 0 Å². The molecule has 0 aromatic carbocycles. The van der Waals surface area contributed by atoms with Crippen molar-refractivity contribution >= 4 is 11.3 Å². The Morgan fingerprint density at radius 2 is 1.68 bits per heavy atom. The predicted molar refractivity (Wildman–Crippen MR) is 89.1 cm³/mol. The first kappa shape index (κ1) is 13.0. The number of ether oxygens (including phenoxy) is 1. The molecular formula is C20H26OS. The van der Waals surface area contributed by atoms with Crippen molar-refractivity contribution in [1.82, 2.24) is 0 Å². The van der Waals surface area contributed by atoms with Crippen LogP contribution in [0.25, 0.3) is 0 Å². The van der Waals surface area contributed by atoms with Crippen molar-refractivity contribution in [3.05, 3.63) is 21.9 Å². The Kier molecular flexibility index (Phi) is 2.59. The maximum atomic E-state index is 7.15. The standard InChI is InChI=1S/C20H26OS/c1-2-4-18-16(3-1)19-17(5-6-22-19)20(21-18)14-8-12-7-13(10-14)11-15(20)9-12/h5-6,12-16,18H,1-4,7-11H2/t12?,13?,14?,15?,16-,18-,20?/m0/s1. The zero-order valence-corrected chi connectivity index (χ0v) is 14.1. The molecule has 4 bridgehead atoms. The van der Waals surface area contributed by atoms with Gasteiger partial charge in [0.1, 0.15) is 5.60 Å². The Hall–Kier alpha value is -0.340. The third-order valence-corrected chi connectivity index (χ3v) is 8.90. The summed E-state index contributed by atoms with van der Waals surface area (Å²) in [5.74, 6) is 4.46. The van der Waals surface area contributed by atoms with Gasteiger partial charge in [0.25, 0.3) is 0 Å². The summed E-state index contributed by atoms with van der Waals surface area (Å²) in [5, 5.41) is 2.37. The fraction of sp³-hybridized carbons (Fsp3) is 0.800. The van der Waals surface area contributed by atoms with Crippen LogP contribution in [0.3, 0.4) is 0 Å². The Labute approximate surface area is 137 Å². The van der Waals surface area contributed by atoms with E-state index in [1.165, 1.54) is 57.8 Å². The van der Waals surface area contributed by atoms with Crippen LogP contribution in [0.4, 0.5) is 0 Å². The smallest absolute Gasteiger partial charge is 0.100 e. The van der Waals surface area contributed by atoms with Crippen molar-refractivity contribution in [1.29, 1.82) is 0 Å². The SMILES string of the molecule is c1cc2c(s1)[C@H]1CCCC[C@@H]1OC21C2CC3CC(C2)CC1C3. The van der Waals surface area contributed by atoms with Gasteiger partial charge in [-0.05, 0) is 85.6 Å². The minimum Gasteiger partial charge on any atom is -0.366 e. The first-order chi connectivity index (χ1) is 10.8. The van der Waals surface area contributed by atoms with Gasteiger partial charge in [-0.15, -0.1) is 11.3 Å². The largest absolute Gasteiger partial charge is 0.366 e. The summed E-state index contributed by atoms with van der Waals surface area (Å²) in [4.78, 5) is 1.74. The molecule has 5 saturated carbocycles. The van der Waals surface area contributed by atoms with E-state index in [4.69, 9.17) is 4.74 Å². The van der Waals surface area contributed by atoms with E-state index in [1.807, 2.05) is 11.3 Å². The monoisotopic (exact) mass is 314 g/mol. The molecule has 6 aliphatic rings. The molecule has 0 saturated heterocycles. The zero-order valence-electron chi connectivity index (χ0n) is 13.3. The van der Waals surface area contributed by atoms with Crippen LogP contribution in [-0.4, -0.2) is 6.10 Å². The molecule has 5 aliphatic carbocycles. The van der Waals surface area contributed by atoms with Gasteiger partial charge in [-0.25, -0.2) is 0 Å². The third kappa shape index (κ3) is 1.50. The van der Waals surface area contributed by atoms with Crippen LogP contribution in [-0.2, 0) is 10.3 Å². The van der Waals surface area contributed by atoms with Gasteiger partial charge in [0.15, 0.2) is 0 Å². The molecular weight excluding hydrogens is 288 g/mol. The van der Waals surface area contributed by atoms with Crippen molar-refractivity contribution in [2.75, 3.05) is 0 Å². The van der Waals surface area contributed by atoms with Crippen molar-refractivity contribution in [2.45, 2.75) is 75.4 Å². The molecule has 7 rings (SSSR count). The third-order valence-electron chi connectivity index (χ3n) is 7.85. The first-order valence-electron chi connectivity index (χ1n) is 9.60. The highest BCUT2D eigenvalue weighted by atomic mass is 32.1. The van der Waals surface area contributed by atoms with Crippen LogP contribution >= 0.6 is 11.3 Å². The van der Waals surface area contributed by atoms with Crippen molar-refractivity contribution < 1.29 is 4.74 Å². The Bertz CT molecular complexity index is 575. The number of hydrogen-bond donors (Lipinski definition) is 0. The van der Waals surface area contributed by atoms with Gasteiger partial charge in [0.2, 0.25) is 0 Å². The fourth-order valence-electron chi connectivity index (χ4n) is 7.30. The molecule has 2 atom stereocenters. The van der Waals surface area contributed by atoms with Crippen LogP contribution in [0.1, 0.15) is 74.1 Å². The average molecular weight is 314 g/mol. The molecule has 0 amide bonds. The van der Waals surface area contributed by atoms with Gasteiger partial charge >= 0.3 is 0 Å². The number of hydrogen-bond acceptors (Lipinski definition) is 2. The van der Waals surface area contributed by atoms with Crippen molar-refractivity contribution in [3.8, 4) is 0 Å². The molecule has 1 nitrogen and oxygen atoms in total. The summed E-state index contributed by atoms with van der Waals surface area (Å²) < 4.78 is 7.15. The van der Waals surface area contributed by atoms with Crippen LogP contribution in [0, 0.1) is 23.7 Å². The van der Waals surface area contributed by atoms with Gasteiger partial charge in [-0.1, -0.05) is 12.8 Å². The van der Waals surface area contributed by atoms with Gasteiger partial charge in [-0.2, -0.15) is 0 Å². The zero-order chi connectivity index (χ0) is 14.3. The second kappa shape index (κ2) is 4.39. The Morgan fingerprint density at radius 1 is 0.955 bits per heavy atom. The van der Waals surface area contributed by atoms with Gasteiger partial charge in [0.05, 0.1) is 6.10 Å². The molecule has 118 valence electrons. The quantitative estimate of drug-likeness (QED) is 0.618. The Morgan fingerprint density at radius 3 is 2.45 bits per heavy atom. The van der Waals surface area contributed by atoms with E-state index in [2.05, 4.69) is 11.4 Å². The van der Waals surface area contributed by atoms with Crippen LogP contribution < -0.4 is 0 Å². The molecule has 1 aromatic heterocycles. The molecule has 5 fully saturated rings. The highest BCUT2D eigenvalue weighted by Crippen LogP contribution is 2.67. The summed E-state index contributed by atoms with van der Waals surface area (Å²) in [7, 11) is 0. The maximum Gasteiger partial charge on any atom is 0.100 e. The van der Waals surface area contributed by atoms with Crippen molar-refractivity contribution in [2.24, 2.45) is 23.7 Å². The predicted octanol–water partition coefficient (Wildman–Crippen LogP) is 5.46. The van der Waals surface area contributed by atoms with Gasteiger partial charge in [-0.3, -0.25) is 0 Å². The summed E-state index contributed by atoms with van der Waals surface area (Å²) in [5.41, 5.74) is 1.80. The topological polar surface area (TPSA) is 9.23 Å². The van der Waals surface area contributed by atoms with Crippen LogP contribution in [0.5, 0.6) is 0 Å². The lowest BCUT2D eigenvalue weighted by Crippen LogP contribution is -2.60. The van der Waals surface area contributed by atoms with E-state index in [0.717, 1.165) is 29.6 Å². The lowest BCUT2D eigenvalue weighted by Gasteiger charge is -2.63. The highest BCUT2D eigenvalue weighted by molar-refractivity contribution is 7.10. The van der Waals surface area contributed by atoms with E-state index in [0.29, 0.717) is 6.10 Å². The fourth-order valence-corrected chi connectivity index (χ4v) is 8.45. The molecule has 0 N–H and O–H groups in total. The minimum absolute atomic E-state index is 0.140. The van der Waals surface area contributed by atoms with Gasteiger partial charge < -0.3 is 4.74 Å².